The van der Waals surface area contributed by atoms with Gasteiger partial charge in [0.2, 0.25) is 18.3 Å². The Morgan fingerprint density at radius 1 is 1.30 bits per heavy atom. The summed E-state index contributed by atoms with van der Waals surface area (Å²) < 4.78 is 28.2. The number of hydrogen-bond donors (Lipinski definition) is 0. The van der Waals surface area contributed by atoms with Gasteiger partial charge in [0.1, 0.15) is 18.0 Å². The number of rotatable bonds is 5. The number of fused-ring (bicyclic) bond motifs is 2. The maximum Gasteiger partial charge on any atom is 0.231 e. The van der Waals surface area contributed by atoms with Crippen LogP contribution in [-0.4, -0.2) is 32.9 Å². The molecule has 0 N–H and O–H groups in total. The molecule has 1 saturated heterocycles. The highest BCUT2D eigenvalue weighted by molar-refractivity contribution is 5.99. The van der Waals surface area contributed by atoms with Crippen LogP contribution in [0.15, 0.2) is 42.4 Å². The Morgan fingerprint density at radius 3 is 2.78 bits per heavy atom. The molecule has 0 unspecified atom stereocenters. The molecule has 1 aliphatic carbocycles. The Morgan fingerprint density at radius 2 is 2.07 bits per heavy atom. The van der Waals surface area contributed by atoms with Crippen molar-refractivity contribution in [3.8, 4) is 11.5 Å². The topological polar surface area (TPSA) is 63.2 Å². The van der Waals surface area contributed by atoms with Gasteiger partial charge in [0.15, 0.2) is 11.5 Å². The van der Waals surface area contributed by atoms with Crippen LogP contribution in [0.1, 0.15) is 31.4 Å². The lowest BCUT2D eigenvalue weighted by molar-refractivity contribution is -0.132. The Kier molecular flexibility index (Phi) is 4.38. The molecule has 6 heteroatoms. The molecule has 144 valence electrons. The number of ketones is 1. The summed E-state index contributed by atoms with van der Waals surface area (Å²) in [4.78, 5) is 12.7. The number of ether oxygens (including phenoxy) is 5. The number of Topliss-reactive ketones (excluding diaryl/α,β-unsaturated/α-hetero) is 1. The van der Waals surface area contributed by atoms with Crippen molar-refractivity contribution in [2.45, 2.75) is 32.0 Å². The molecule has 0 saturated carbocycles. The van der Waals surface area contributed by atoms with Gasteiger partial charge in [-0.2, -0.15) is 0 Å². The summed E-state index contributed by atoms with van der Waals surface area (Å²) >= 11 is 0. The second-order valence-electron chi connectivity index (χ2n) is 7.24. The average Bonchev–Trinajstić information content (AvgIpc) is 3.25. The molecule has 3 aliphatic rings. The number of methoxy groups -OCH3 is 2. The van der Waals surface area contributed by atoms with Gasteiger partial charge >= 0.3 is 0 Å². The smallest absolute Gasteiger partial charge is 0.231 e. The third-order valence-electron chi connectivity index (χ3n) is 6.02. The summed E-state index contributed by atoms with van der Waals surface area (Å²) in [7, 11) is 3.05. The summed E-state index contributed by atoms with van der Waals surface area (Å²) in [5.74, 6) is 2.22. The lowest BCUT2D eigenvalue weighted by atomic mass is 9.65. The number of hydrogen-bond acceptors (Lipinski definition) is 6. The zero-order chi connectivity index (χ0) is 19.2. The molecule has 1 fully saturated rings. The number of carbonyl (C=O) groups is 1. The maximum atomic E-state index is 12.7. The van der Waals surface area contributed by atoms with E-state index in [1.54, 1.807) is 7.11 Å². The van der Waals surface area contributed by atoms with E-state index in [4.69, 9.17) is 23.7 Å². The zero-order valence-corrected chi connectivity index (χ0v) is 15.8. The normalized spacial score (nSPS) is 31.5. The molecular formula is C21H24O6. The van der Waals surface area contributed by atoms with Crippen LogP contribution in [0.2, 0.25) is 0 Å². The van der Waals surface area contributed by atoms with Crippen LogP contribution in [0.4, 0.5) is 0 Å². The van der Waals surface area contributed by atoms with Gasteiger partial charge in [-0.25, -0.2) is 0 Å². The molecular weight excluding hydrogens is 348 g/mol. The molecule has 27 heavy (non-hydrogen) atoms. The fraction of sp³-hybridized carbons (Fsp3) is 0.476. The first-order valence-corrected chi connectivity index (χ1v) is 9.08. The Balaban J connectivity index is 1.80. The Bertz CT molecular complexity index is 813. The summed E-state index contributed by atoms with van der Waals surface area (Å²) in [5.41, 5.74) is 0.580. The molecule has 2 aliphatic heterocycles. The van der Waals surface area contributed by atoms with E-state index in [1.807, 2.05) is 24.3 Å². The van der Waals surface area contributed by atoms with E-state index >= 15 is 0 Å². The van der Waals surface area contributed by atoms with E-state index in [9.17, 15) is 4.79 Å². The maximum absolute atomic E-state index is 12.7. The van der Waals surface area contributed by atoms with Crippen molar-refractivity contribution >= 4 is 5.78 Å². The van der Waals surface area contributed by atoms with Gasteiger partial charge in [-0.15, -0.1) is 6.58 Å². The predicted octanol–water partition coefficient (Wildman–Crippen LogP) is 3.53. The minimum Gasteiger partial charge on any atom is -0.490 e. The van der Waals surface area contributed by atoms with E-state index in [1.165, 1.54) is 7.11 Å². The van der Waals surface area contributed by atoms with Crippen molar-refractivity contribution in [3.05, 3.63) is 47.9 Å². The largest absolute Gasteiger partial charge is 0.490 e. The lowest BCUT2D eigenvalue weighted by Gasteiger charge is -2.38. The van der Waals surface area contributed by atoms with Crippen LogP contribution in [0.5, 0.6) is 11.5 Å². The minimum atomic E-state index is -0.551. The van der Waals surface area contributed by atoms with Crippen LogP contribution in [0.25, 0.3) is 0 Å². The first-order valence-electron chi connectivity index (χ1n) is 9.08. The van der Waals surface area contributed by atoms with Crippen LogP contribution in [0.3, 0.4) is 0 Å². The summed E-state index contributed by atoms with van der Waals surface area (Å²) in [6.07, 6.45) is 2.30. The van der Waals surface area contributed by atoms with Gasteiger partial charge in [-0.3, -0.25) is 4.79 Å². The summed E-state index contributed by atoms with van der Waals surface area (Å²) in [6, 6.07) is 5.83. The van der Waals surface area contributed by atoms with E-state index in [2.05, 4.69) is 13.5 Å². The molecule has 0 spiro atoms. The van der Waals surface area contributed by atoms with Gasteiger partial charge in [0, 0.05) is 18.4 Å². The summed E-state index contributed by atoms with van der Waals surface area (Å²) in [6.45, 7) is 6.29. The lowest BCUT2D eigenvalue weighted by Crippen LogP contribution is -2.42. The van der Waals surface area contributed by atoms with Gasteiger partial charge in [0.25, 0.3) is 0 Å². The Hall–Kier alpha value is -2.47. The van der Waals surface area contributed by atoms with E-state index in [0.29, 0.717) is 24.4 Å². The number of allylic oxidation sites excluding steroid dienone is 2. The average molecular weight is 372 g/mol. The van der Waals surface area contributed by atoms with Gasteiger partial charge in [-0.1, -0.05) is 19.1 Å². The van der Waals surface area contributed by atoms with Crippen molar-refractivity contribution < 1.29 is 28.5 Å². The molecule has 0 amide bonds. The van der Waals surface area contributed by atoms with Crippen molar-refractivity contribution in [3.63, 3.8) is 0 Å². The molecule has 2 heterocycles. The quantitative estimate of drug-likeness (QED) is 0.737. The van der Waals surface area contributed by atoms with Gasteiger partial charge < -0.3 is 23.7 Å². The highest BCUT2D eigenvalue weighted by atomic mass is 16.7. The van der Waals surface area contributed by atoms with Crippen LogP contribution >= 0.6 is 0 Å². The fourth-order valence-corrected chi connectivity index (χ4v) is 4.53. The molecule has 6 nitrogen and oxygen atoms in total. The van der Waals surface area contributed by atoms with Crippen molar-refractivity contribution in [2.24, 2.45) is 11.3 Å². The third kappa shape index (κ3) is 2.54. The second-order valence-corrected chi connectivity index (χ2v) is 7.24. The predicted molar refractivity (Wildman–Crippen MR) is 97.3 cm³/mol. The van der Waals surface area contributed by atoms with Crippen molar-refractivity contribution in [1.82, 2.24) is 0 Å². The summed E-state index contributed by atoms with van der Waals surface area (Å²) in [5, 5.41) is 0. The standard InChI is InChI=1S/C21H24O6/c1-5-8-21-10-16(23-3)17(22)19(24-4)20(21)27-18(12(21)2)13-6-7-14-15(9-13)26-11-25-14/h5-7,9,12,16,18H,1,8,10-11H2,2-4H3/t12-,16+,18-,21-/m1/s1. The van der Waals surface area contributed by atoms with Crippen LogP contribution in [-0.2, 0) is 19.0 Å². The third-order valence-corrected chi connectivity index (χ3v) is 6.02. The molecule has 1 aromatic carbocycles. The molecule has 4 rings (SSSR count). The highest BCUT2D eigenvalue weighted by Crippen LogP contribution is 2.60. The SMILES string of the molecule is C=CC[C@]12C[C@H](OC)C(=O)C(OC)=C1O[C@@H](c1ccc3c(c1)OCO3)[C@H]2C. The molecule has 4 atom stereocenters. The molecule has 0 radical (unpaired) electrons. The van der Waals surface area contributed by atoms with E-state index in [0.717, 1.165) is 11.3 Å². The van der Waals surface area contributed by atoms with Crippen LogP contribution < -0.4 is 9.47 Å². The molecule has 0 bridgehead atoms. The fourth-order valence-electron chi connectivity index (χ4n) is 4.53. The van der Waals surface area contributed by atoms with Gasteiger partial charge in [-0.05, 0) is 30.5 Å². The second kappa shape index (κ2) is 6.60. The zero-order valence-electron chi connectivity index (χ0n) is 15.8. The monoisotopic (exact) mass is 372 g/mol. The molecule has 1 aromatic rings. The molecule has 0 aromatic heterocycles. The van der Waals surface area contributed by atoms with E-state index in [-0.39, 0.29) is 30.4 Å². The number of carbonyl (C=O) groups excluding carboxylic acids is 1. The minimum absolute atomic E-state index is 0.0850. The highest BCUT2D eigenvalue weighted by Gasteiger charge is 2.58. The first kappa shape index (κ1) is 17.9. The first-order chi connectivity index (χ1) is 13.1. The van der Waals surface area contributed by atoms with Crippen molar-refractivity contribution in [2.75, 3.05) is 21.0 Å². The number of benzene rings is 1. The Labute approximate surface area is 158 Å². The van der Waals surface area contributed by atoms with Gasteiger partial charge in [0.05, 0.1) is 7.11 Å². The van der Waals surface area contributed by atoms with Crippen LogP contribution in [0, 0.1) is 11.3 Å². The van der Waals surface area contributed by atoms with E-state index < -0.39 is 11.5 Å². The van der Waals surface area contributed by atoms with Crippen molar-refractivity contribution in [1.29, 1.82) is 0 Å².